The SMILES string of the molecule is Cc1cc(C)cc(C(C)ON(C(c2ccccc2)C(C)C)C(C)(C)C)c1. The zero-order chi connectivity index (χ0) is 19.5. The van der Waals surface area contributed by atoms with Gasteiger partial charge in [0.05, 0.1) is 6.04 Å². The molecule has 2 atom stereocenters. The summed E-state index contributed by atoms with van der Waals surface area (Å²) in [6, 6.07) is 17.6. The summed E-state index contributed by atoms with van der Waals surface area (Å²) < 4.78 is 0. The fourth-order valence-electron chi connectivity index (χ4n) is 3.56. The topological polar surface area (TPSA) is 12.5 Å². The van der Waals surface area contributed by atoms with E-state index in [0.29, 0.717) is 5.92 Å². The highest BCUT2D eigenvalue weighted by atomic mass is 16.7. The summed E-state index contributed by atoms with van der Waals surface area (Å²) >= 11 is 0. The van der Waals surface area contributed by atoms with Gasteiger partial charge < -0.3 is 0 Å². The lowest BCUT2D eigenvalue weighted by atomic mass is 9.92. The Bertz CT molecular complexity index is 680. The van der Waals surface area contributed by atoms with Gasteiger partial charge in [0.1, 0.15) is 6.10 Å². The van der Waals surface area contributed by atoms with Crippen LogP contribution in [0.3, 0.4) is 0 Å². The molecule has 2 aromatic rings. The zero-order valence-corrected chi connectivity index (χ0v) is 17.7. The molecular formula is C24H35NO. The molecule has 0 saturated carbocycles. The minimum Gasteiger partial charge on any atom is -0.290 e. The number of nitrogens with zero attached hydrogens (tertiary/aromatic N) is 1. The third-order valence-electron chi connectivity index (χ3n) is 4.67. The van der Waals surface area contributed by atoms with Crippen molar-refractivity contribution in [3.05, 3.63) is 70.8 Å². The number of rotatable bonds is 6. The van der Waals surface area contributed by atoms with Gasteiger partial charge in [-0.1, -0.05) is 73.5 Å². The Kier molecular flexibility index (Phi) is 6.65. The van der Waals surface area contributed by atoms with E-state index >= 15 is 0 Å². The summed E-state index contributed by atoms with van der Waals surface area (Å²) in [7, 11) is 0. The molecule has 0 spiro atoms. The monoisotopic (exact) mass is 353 g/mol. The van der Waals surface area contributed by atoms with Crippen LogP contribution in [0.1, 0.15) is 75.9 Å². The van der Waals surface area contributed by atoms with Crippen molar-refractivity contribution in [2.75, 3.05) is 0 Å². The Hall–Kier alpha value is -1.64. The number of hydrogen-bond donors (Lipinski definition) is 0. The summed E-state index contributed by atoms with van der Waals surface area (Å²) in [4.78, 5) is 6.62. The van der Waals surface area contributed by atoms with Crippen LogP contribution in [0.2, 0.25) is 0 Å². The van der Waals surface area contributed by atoms with Crippen LogP contribution in [0.15, 0.2) is 48.5 Å². The van der Waals surface area contributed by atoms with Crippen molar-refractivity contribution in [3.63, 3.8) is 0 Å². The molecule has 2 unspecified atom stereocenters. The number of hydroxylamine groups is 2. The summed E-state index contributed by atoms with van der Waals surface area (Å²) in [5.74, 6) is 0.433. The third kappa shape index (κ3) is 5.18. The molecule has 0 bridgehead atoms. The summed E-state index contributed by atoms with van der Waals surface area (Å²) in [5.41, 5.74) is 4.97. The average Bonchev–Trinajstić information content (AvgIpc) is 2.53. The highest BCUT2D eigenvalue weighted by molar-refractivity contribution is 5.29. The Labute approximate surface area is 160 Å². The largest absolute Gasteiger partial charge is 0.290 e. The van der Waals surface area contributed by atoms with Crippen LogP contribution >= 0.6 is 0 Å². The van der Waals surface area contributed by atoms with Crippen LogP contribution < -0.4 is 0 Å². The lowest BCUT2D eigenvalue weighted by Crippen LogP contribution is -2.46. The quantitative estimate of drug-likeness (QED) is 0.530. The first-order valence-electron chi connectivity index (χ1n) is 9.69. The predicted molar refractivity (Wildman–Crippen MR) is 111 cm³/mol. The van der Waals surface area contributed by atoms with E-state index in [-0.39, 0.29) is 17.7 Å². The molecule has 0 amide bonds. The van der Waals surface area contributed by atoms with Crippen molar-refractivity contribution < 1.29 is 4.84 Å². The van der Waals surface area contributed by atoms with E-state index in [1.807, 2.05) is 0 Å². The van der Waals surface area contributed by atoms with Gasteiger partial charge in [0.25, 0.3) is 0 Å². The van der Waals surface area contributed by atoms with Crippen molar-refractivity contribution in [1.82, 2.24) is 5.06 Å². The molecule has 0 aliphatic heterocycles. The maximum atomic E-state index is 6.62. The molecule has 26 heavy (non-hydrogen) atoms. The second-order valence-electron chi connectivity index (χ2n) is 8.76. The van der Waals surface area contributed by atoms with Gasteiger partial charge in [0.2, 0.25) is 0 Å². The van der Waals surface area contributed by atoms with Gasteiger partial charge in [-0.2, -0.15) is 5.06 Å². The summed E-state index contributed by atoms with van der Waals surface area (Å²) in [6.45, 7) is 17.6. The Balaban J connectivity index is 2.37. The Morgan fingerprint density at radius 3 is 1.81 bits per heavy atom. The molecule has 0 radical (unpaired) electrons. The molecule has 2 aromatic carbocycles. The number of hydrogen-bond acceptors (Lipinski definition) is 2. The van der Waals surface area contributed by atoms with Crippen LogP contribution in [0.4, 0.5) is 0 Å². The van der Waals surface area contributed by atoms with E-state index in [1.54, 1.807) is 0 Å². The molecule has 0 heterocycles. The van der Waals surface area contributed by atoms with E-state index in [4.69, 9.17) is 4.84 Å². The van der Waals surface area contributed by atoms with Crippen LogP contribution in [-0.4, -0.2) is 10.6 Å². The van der Waals surface area contributed by atoms with Crippen molar-refractivity contribution in [3.8, 4) is 0 Å². The molecule has 0 N–H and O–H groups in total. The van der Waals surface area contributed by atoms with Gasteiger partial charge >= 0.3 is 0 Å². The number of aryl methyl sites for hydroxylation is 2. The van der Waals surface area contributed by atoms with Crippen molar-refractivity contribution in [2.24, 2.45) is 5.92 Å². The van der Waals surface area contributed by atoms with E-state index < -0.39 is 0 Å². The number of benzene rings is 2. The van der Waals surface area contributed by atoms with Gasteiger partial charge in [-0.05, 0) is 58.6 Å². The fraction of sp³-hybridized carbons (Fsp3) is 0.500. The highest BCUT2D eigenvalue weighted by Gasteiger charge is 2.34. The van der Waals surface area contributed by atoms with Crippen LogP contribution in [0, 0.1) is 19.8 Å². The maximum absolute atomic E-state index is 6.62. The smallest absolute Gasteiger partial charge is 0.102 e. The minimum absolute atomic E-state index is 0.00205. The normalized spacial score (nSPS) is 14.7. The Morgan fingerprint density at radius 1 is 0.808 bits per heavy atom. The first-order valence-corrected chi connectivity index (χ1v) is 9.69. The molecule has 0 aromatic heterocycles. The van der Waals surface area contributed by atoms with Gasteiger partial charge in [0.15, 0.2) is 0 Å². The standard InChI is InChI=1S/C24H35NO/c1-17(2)23(21-12-10-9-11-13-21)25(24(6,7)8)26-20(5)22-15-18(3)14-19(4)16-22/h9-17,20,23H,1-8H3. The molecule has 2 heteroatoms. The van der Waals surface area contributed by atoms with E-state index in [0.717, 1.165) is 0 Å². The predicted octanol–water partition coefficient (Wildman–Crippen LogP) is 6.79. The van der Waals surface area contributed by atoms with Gasteiger partial charge in [0, 0.05) is 5.54 Å². The molecule has 2 nitrogen and oxygen atoms in total. The van der Waals surface area contributed by atoms with Gasteiger partial charge in [-0.3, -0.25) is 4.84 Å². The van der Waals surface area contributed by atoms with Crippen LogP contribution in [0.25, 0.3) is 0 Å². The summed E-state index contributed by atoms with van der Waals surface area (Å²) in [6.07, 6.45) is -0.00205. The first kappa shape index (κ1) is 20.7. The van der Waals surface area contributed by atoms with E-state index in [9.17, 15) is 0 Å². The van der Waals surface area contributed by atoms with Gasteiger partial charge in [-0.15, -0.1) is 0 Å². The van der Waals surface area contributed by atoms with Crippen molar-refractivity contribution in [2.45, 2.75) is 73.1 Å². The van der Waals surface area contributed by atoms with Crippen LogP contribution in [0.5, 0.6) is 0 Å². The first-order chi connectivity index (χ1) is 12.1. The third-order valence-corrected chi connectivity index (χ3v) is 4.67. The highest BCUT2D eigenvalue weighted by Crippen LogP contribution is 2.37. The molecule has 0 aliphatic rings. The summed E-state index contributed by atoms with van der Waals surface area (Å²) in [5, 5.41) is 2.20. The molecule has 2 rings (SSSR count). The van der Waals surface area contributed by atoms with Crippen LogP contribution in [-0.2, 0) is 4.84 Å². The molecule has 0 fully saturated rings. The molecule has 0 aliphatic carbocycles. The molecule has 0 saturated heterocycles. The van der Waals surface area contributed by atoms with Crippen molar-refractivity contribution >= 4 is 0 Å². The van der Waals surface area contributed by atoms with E-state index in [2.05, 4.69) is 109 Å². The second kappa shape index (κ2) is 8.37. The van der Waals surface area contributed by atoms with Crippen molar-refractivity contribution in [1.29, 1.82) is 0 Å². The lowest BCUT2D eigenvalue weighted by Gasteiger charge is -2.44. The fourth-order valence-corrected chi connectivity index (χ4v) is 3.56. The zero-order valence-electron chi connectivity index (χ0n) is 17.7. The minimum atomic E-state index is -0.113. The molecular weight excluding hydrogens is 318 g/mol. The Morgan fingerprint density at radius 2 is 1.35 bits per heavy atom. The van der Waals surface area contributed by atoms with E-state index in [1.165, 1.54) is 22.3 Å². The maximum Gasteiger partial charge on any atom is 0.102 e. The average molecular weight is 354 g/mol. The second-order valence-corrected chi connectivity index (χ2v) is 8.76. The lowest BCUT2D eigenvalue weighted by molar-refractivity contribution is -0.272. The van der Waals surface area contributed by atoms with Gasteiger partial charge in [-0.25, -0.2) is 0 Å². The molecule has 142 valence electrons.